The van der Waals surface area contributed by atoms with E-state index in [0.717, 1.165) is 0 Å². The SMILES string of the molecule is O=C(c1cccc(N2C[C@H](O)[C@@H](O)C2)c1Cl)N1CCN2C[C@@](O)(c3ccc(F)c(Cl)c3)CC[C@@H]2C1. The largest absolute Gasteiger partial charge is 0.389 e. The number of carbonyl (C=O) groups excluding carboxylic acids is 1. The molecule has 0 unspecified atom stereocenters. The Labute approximate surface area is 213 Å². The van der Waals surface area contributed by atoms with E-state index in [-0.39, 0.29) is 30.1 Å². The number of aliphatic hydroxyl groups excluding tert-OH is 2. The van der Waals surface area contributed by atoms with E-state index >= 15 is 0 Å². The first-order chi connectivity index (χ1) is 16.7. The number of amides is 1. The summed E-state index contributed by atoms with van der Waals surface area (Å²) >= 11 is 12.6. The van der Waals surface area contributed by atoms with Gasteiger partial charge in [-0.3, -0.25) is 9.69 Å². The molecule has 10 heteroatoms. The lowest BCUT2D eigenvalue weighted by atomic mass is 9.82. The average Bonchev–Trinajstić information content (AvgIpc) is 3.18. The third-order valence-electron chi connectivity index (χ3n) is 7.51. The molecule has 0 bridgehead atoms. The second kappa shape index (κ2) is 9.50. The fraction of sp³-hybridized carbons (Fsp3) is 0.480. The molecule has 0 radical (unpaired) electrons. The van der Waals surface area contributed by atoms with E-state index in [1.807, 2.05) is 0 Å². The molecule has 3 saturated heterocycles. The van der Waals surface area contributed by atoms with Crippen LogP contribution in [0.4, 0.5) is 10.1 Å². The number of piperazine rings is 1. The molecule has 4 atom stereocenters. The fourth-order valence-corrected chi connectivity index (χ4v) is 5.97. The minimum absolute atomic E-state index is 0.00878. The van der Waals surface area contributed by atoms with E-state index in [1.165, 1.54) is 12.1 Å². The molecule has 0 aliphatic carbocycles. The lowest BCUT2D eigenvalue weighted by molar-refractivity contribution is -0.0740. The second-order valence-electron chi connectivity index (χ2n) is 9.75. The van der Waals surface area contributed by atoms with Crippen LogP contribution in [0.5, 0.6) is 0 Å². The van der Waals surface area contributed by atoms with Crippen LogP contribution in [0.3, 0.4) is 0 Å². The van der Waals surface area contributed by atoms with Crippen molar-refractivity contribution in [3.05, 3.63) is 63.4 Å². The number of β-amino-alcohol motifs (C(OH)–C–C–N with tert-alkyl or cyclic N) is 2. The smallest absolute Gasteiger partial charge is 0.255 e. The Morgan fingerprint density at radius 2 is 1.80 bits per heavy atom. The quantitative estimate of drug-likeness (QED) is 0.572. The zero-order valence-electron chi connectivity index (χ0n) is 19.1. The molecule has 3 aliphatic rings. The summed E-state index contributed by atoms with van der Waals surface area (Å²) in [4.78, 5) is 19.2. The van der Waals surface area contributed by atoms with Gasteiger partial charge in [0.25, 0.3) is 5.91 Å². The lowest BCUT2D eigenvalue weighted by Crippen LogP contribution is -2.60. The summed E-state index contributed by atoms with van der Waals surface area (Å²) in [7, 11) is 0. The predicted molar refractivity (Wildman–Crippen MR) is 131 cm³/mol. The molecule has 3 N–H and O–H groups in total. The summed E-state index contributed by atoms with van der Waals surface area (Å²) in [5.41, 5.74) is 0.485. The van der Waals surface area contributed by atoms with Crippen LogP contribution in [0.25, 0.3) is 0 Å². The topological polar surface area (TPSA) is 87.5 Å². The molecular formula is C25H28Cl2FN3O4. The molecule has 0 spiro atoms. The number of hydrogen-bond donors (Lipinski definition) is 3. The molecule has 0 aromatic heterocycles. The first kappa shape index (κ1) is 24.7. The van der Waals surface area contributed by atoms with Gasteiger partial charge in [-0.05, 0) is 42.7 Å². The van der Waals surface area contributed by atoms with Crippen LogP contribution in [-0.2, 0) is 5.60 Å². The number of hydrogen-bond acceptors (Lipinski definition) is 6. The number of nitrogens with zero attached hydrogens (tertiary/aromatic N) is 3. The zero-order chi connectivity index (χ0) is 24.9. The summed E-state index contributed by atoms with van der Waals surface area (Å²) in [6.45, 7) is 2.48. The van der Waals surface area contributed by atoms with Crippen LogP contribution in [0, 0.1) is 5.82 Å². The van der Waals surface area contributed by atoms with E-state index in [4.69, 9.17) is 23.2 Å². The Kier molecular flexibility index (Phi) is 6.72. The Hall–Kier alpha value is -1.94. The van der Waals surface area contributed by atoms with Gasteiger partial charge in [-0.25, -0.2) is 4.39 Å². The molecule has 7 nitrogen and oxygen atoms in total. The highest BCUT2D eigenvalue weighted by molar-refractivity contribution is 6.36. The minimum atomic E-state index is -1.12. The summed E-state index contributed by atoms with van der Waals surface area (Å²) in [6.07, 6.45) is -0.551. The van der Waals surface area contributed by atoms with Crippen LogP contribution in [0.1, 0.15) is 28.8 Å². The van der Waals surface area contributed by atoms with Crippen molar-refractivity contribution < 1.29 is 24.5 Å². The monoisotopic (exact) mass is 523 g/mol. The van der Waals surface area contributed by atoms with E-state index in [1.54, 1.807) is 34.1 Å². The number of fused-ring (bicyclic) bond motifs is 1. The van der Waals surface area contributed by atoms with Gasteiger partial charge in [0, 0.05) is 45.3 Å². The molecule has 1 amide bonds. The van der Waals surface area contributed by atoms with Gasteiger partial charge >= 0.3 is 0 Å². The van der Waals surface area contributed by atoms with Gasteiger partial charge in [0.15, 0.2) is 0 Å². The van der Waals surface area contributed by atoms with Crippen molar-refractivity contribution in [1.82, 2.24) is 9.80 Å². The molecule has 5 rings (SSSR count). The van der Waals surface area contributed by atoms with Crippen molar-refractivity contribution in [3.8, 4) is 0 Å². The molecule has 35 heavy (non-hydrogen) atoms. The number of aliphatic hydroxyl groups is 3. The van der Waals surface area contributed by atoms with Gasteiger partial charge in [0.1, 0.15) is 11.4 Å². The maximum absolute atomic E-state index is 13.6. The van der Waals surface area contributed by atoms with Gasteiger partial charge < -0.3 is 25.1 Å². The summed E-state index contributed by atoms with van der Waals surface area (Å²) in [5.74, 6) is -0.678. The molecule has 3 heterocycles. The Morgan fingerprint density at radius 1 is 1.06 bits per heavy atom. The van der Waals surface area contributed by atoms with Gasteiger partial charge in [0.05, 0.1) is 33.5 Å². The fourth-order valence-electron chi connectivity index (χ4n) is 5.47. The number of carbonyl (C=O) groups is 1. The zero-order valence-corrected chi connectivity index (χ0v) is 20.6. The highest BCUT2D eigenvalue weighted by Gasteiger charge is 2.42. The number of rotatable bonds is 3. The van der Waals surface area contributed by atoms with Crippen molar-refractivity contribution in [2.75, 3.05) is 44.2 Å². The molecule has 3 fully saturated rings. The van der Waals surface area contributed by atoms with E-state index in [0.29, 0.717) is 60.9 Å². The van der Waals surface area contributed by atoms with Gasteiger partial charge in [-0.2, -0.15) is 0 Å². The Morgan fingerprint density at radius 3 is 2.51 bits per heavy atom. The second-order valence-corrected chi connectivity index (χ2v) is 10.5. The maximum Gasteiger partial charge on any atom is 0.255 e. The summed E-state index contributed by atoms with van der Waals surface area (Å²) in [6, 6.07) is 9.68. The van der Waals surface area contributed by atoms with E-state index < -0.39 is 23.6 Å². The lowest BCUT2D eigenvalue weighted by Gasteiger charge is -2.49. The van der Waals surface area contributed by atoms with E-state index in [9.17, 15) is 24.5 Å². The molecular weight excluding hydrogens is 496 g/mol. The van der Waals surface area contributed by atoms with Gasteiger partial charge in [0.2, 0.25) is 0 Å². The molecule has 3 aliphatic heterocycles. The number of anilines is 1. The van der Waals surface area contributed by atoms with Crippen LogP contribution in [0.2, 0.25) is 10.0 Å². The van der Waals surface area contributed by atoms with Crippen molar-refractivity contribution in [3.63, 3.8) is 0 Å². The minimum Gasteiger partial charge on any atom is -0.389 e. The van der Waals surface area contributed by atoms with Crippen molar-refractivity contribution >= 4 is 34.8 Å². The Bertz CT molecular complexity index is 1130. The number of piperidine rings is 1. The first-order valence-electron chi connectivity index (χ1n) is 11.8. The third-order valence-corrected chi connectivity index (χ3v) is 8.20. The van der Waals surface area contributed by atoms with Crippen LogP contribution < -0.4 is 4.90 Å². The highest BCUT2D eigenvalue weighted by atomic mass is 35.5. The molecule has 0 saturated carbocycles. The highest BCUT2D eigenvalue weighted by Crippen LogP contribution is 2.38. The maximum atomic E-state index is 13.6. The first-order valence-corrected chi connectivity index (χ1v) is 12.5. The third kappa shape index (κ3) is 4.63. The molecule has 2 aromatic rings. The van der Waals surface area contributed by atoms with Gasteiger partial charge in [-0.1, -0.05) is 35.3 Å². The van der Waals surface area contributed by atoms with Gasteiger partial charge in [-0.15, -0.1) is 0 Å². The van der Waals surface area contributed by atoms with Crippen molar-refractivity contribution in [2.45, 2.75) is 36.7 Å². The summed E-state index contributed by atoms with van der Waals surface area (Å²) in [5, 5.41) is 31.4. The molecule has 188 valence electrons. The van der Waals surface area contributed by atoms with Crippen LogP contribution in [-0.4, -0.2) is 88.5 Å². The standard InChI is InChI=1S/C25H28Cl2FN3O4/c26-18-10-15(4-5-19(18)28)25(35)7-6-16-11-29(8-9-30(16)14-25)24(34)17-2-1-3-20(23(17)27)31-12-21(32)22(33)13-31/h1-5,10,16,21-22,32-33,35H,6-9,11-14H2/t16-,21+,22+,25-/m1/s1. The molecule has 2 aromatic carbocycles. The van der Waals surface area contributed by atoms with Crippen molar-refractivity contribution in [2.24, 2.45) is 0 Å². The van der Waals surface area contributed by atoms with Crippen LogP contribution >= 0.6 is 23.2 Å². The number of halogens is 3. The average molecular weight is 524 g/mol. The van der Waals surface area contributed by atoms with E-state index in [2.05, 4.69) is 4.90 Å². The number of benzene rings is 2. The van der Waals surface area contributed by atoms with Crippen LogP contribution in [0.15, 0.2) is 36.4 Å². The Balaban J connectivity index is 1.28. The predicted octanol–water partition coefficient (Wildman–Crippen LogP) is 2.48. The normalized spacial score (nSPS) is 29.4. The van der Waals surface area contributed by atoms with Crippen molar-refractivity contribution in [1.29, 1.82) is 0 Å². The summed E-state index contributed by atoms with van der Waals surface area (Å²) < 4.78 is 13.6.